The van der Waals surface area contributed by atoms with E-state index in [1.54, 1.807) is 11.3 Å². The lowest BCUT2D eigenvalue weighted by atomic mass is 9.97. The largest absolute Gasteiger partial charge is 0.387 e. The molecule has 1 aromatic rings. The highest BCUT2D eigenvalue weighted by Gasteiger charge is 2.13. The first kappa shape index (κ1) is 14.7. The van der Waals surface area contributed by atoms with Crippen LogP contribution in [0.3, 0.4) is 0 Å². The van der Waals surface area contributed by atoms with Gasteiger partial charge in [0, 0.05) is 12.6 Å². The van der Waals surface area contributed by atoms with Crippen molar-refractivity contribution in [1.82, 2.24) is 5.32 Å². The first-order valence-electron chi connectivity index (χ1n) is 6.60. The van der Waals surface area contributed by atoms with Gasteiger partial charge in [-0.2, -0.15) is 11.3 Å². The molecule has 1 heterocycles. The van der Waals surface area contributed by atoms with E-state index in [2.05, 4.69) is 26.1 Å². The molecule has 0 bridgehead atoms. The second-order valence-electron chi connectivity index (χ2n) is 4.84. The maximum atomic E-state index is 9.99. The number of aliphatic hydroxyl groups excluding tert-OH is 1. The summed E-state index contributed by atoms with van der Waals surface area (Å²) in [6, 6.07) is 2.52. The highest BCUT2D eigenvalue weighted by Crippen LogP contribution is 2.17. The van der Waals surface area contributed by atoms with Crippen LogP contribution in [0.4, 0.5) is 0 Å². The average molecular weight is 255 g/mol. The van der Waals surface area contributed by atoms with Gasteiger partial charge in [0.2, 0.25) is 0 Å². The smallest absolute Gasteiger partial charge is 0.0922 e. The molecule has 3 atom stereocenters. The fourth-order valence-corrected chi connectivity index (χ4v) is 2.61. The average Bonchev–Trinajstić information content (AvgIpc) is 2.87. The van der Waals surface area contributed by atoms with Crippen molar-refractivity contribution in [3.63, 3.8) is 0 Å². The Kier molecular flexibility index (Phi) is 6.78. The zero-order valence-electron chi connectivity index (χ0n) is 11.1. The molecule has 0 fully saturated rings. The van der Waals surface area contributed by atoms with Gasteiger partial charge in [-0.15, -0.1) is 0 Å². The Morgan fingerprint density at radius 2 is 2.12 bits per heavy atom. The van der Waals surface area contributed by atoms with Crippen molar-refractivity contribution in [2.45, 2.75) is 52.2 Å². The summed E-state index contributed by atoms with van der Waals surface area (Å²) in [6.07, 6.45) is 3.18. The molecule has 1 aromatic heterocycles. The van der Waals surface area contributed by atoms with Gasteiger partial charge in [-0.3, -0.25) is 0 Å². The predicted molar refractivity (Wildman–Crippen MR) is 75.4 cm³/mol. The van der Waals surface area contributed by atoms with Crippen molar-refractivity contribution in [3.05, 3.63) is 22.4 Å². The molecule has 3 unspecified atom stereocenters. The number of hydrogen-bond donors (Lipinski definition) is 2. The van der Waals surface area contributed by atoms with Crippen LogP contribution in [-0.2, 0) is 0 Å². The van der Waals surface area contributed by atoms with Crippen LogP contribution in [0, 0.1) is 5.92 Å². The van der Waals surface area contributed by atoms with Gasteiger partial charge in [-0.05, 0) is 41.1 Å². The fourth-order valence-electron chi connectivity index (χ4n) is 1.91. The SMILES string of the molecule is CCC(C)CC(CC)NCC(O)c1ccsc1. The lowest BCUT2D eigenvalue weighted by Crippen LogP contribution is -2.33. The monoisotopic (exact) mass is 255 g/mol. The lowest BCUT2D eigenvalue weighted by molar-refractivity contribution is 0.167. The minimum absolute atomic E-state index is 0.368. The van der Waals surface area contributed by atoms with Crippen LogP contribution in [0.25, 0.3) is 0 Å². The normalized spacial score (nSPS) is 16.7. The summed E-state index contributed by atoms with van der Waals surface area (Å²) in [7, 11) is 0. The van der Waals surface area contributed by atoms with Gasteiger partial charge in [0.25, 0.3) is 0 Å². The van der Waals surface area contributed by atoms with Gasteiger partial charge >= 0.3 is 0 Å². The van der Waals surface area contributed by atoms with Gasteiger partial charge in [0.1, 0.15) is 0 Å². The molecule has 0 saturated heterocycles. The summed E-state index contributed by atoms with van der Waals surface area (Å²) in [5.74, 6) is 0.755. The maximum Gasteiger partial charge on any atom is 0.0922 e. The summed E-state index contributed by atoms with van der Waals surface area (Å²) in [5, 5.41) is 17.5. The van der Waals surface area contributed by atoms with Gasteiger partial charge in [0.05, 0.1) is 6.10 Å². The number of aliphatic hydroxyl groups is 1. The third-order valence-corrected chi connectivity index (χ3v) is 4.11. The van der Waals surface area contributed by atoms with Gasteiger partial charge in [0.15, 0.2) is 0 Å². The van der Waals surface area contributed by atoms with E-state index in [1.165, 1.54) is 12.8 Å². The molecule has 2 nitrogen and oxygen atoms in total. The number of thiophene rings is 1. The molecule has 98 valence electrons. The second kappa shape index (κ2) is 7.85. The van der Waals surface area contributed by atoms with E-state index in [0.29, 0.717) is 12.6 Å². The fraction of sp³-hybridized carbons (Fsp3) is 0.714. The molecule has 0 radical (unpaired) electrons. The molecule has 3 heteroatoms. The topological polar surface area (TPSA) is 32.3 Å². The molecule has 0 saturated carbocycles. The van der Waals surface area contributed by atoms with Gasteiger partial charge < -0.3 is 10.4 Å². The molecule has 0 amide bonds. The molecular weight excluding hydrogens is 230 g/mol. The van der Waals surface area contributed by atoms with E-state index < -0.39 is 0 Å². The van der Waals surface area contributed by atoms with Crippen molar-refractivity contribution < 1.29 is 5.11 Å². The first-order valence-corrected chi connectivity index (χ1v) is 7.55. The molecular formula is C14H25NOS. The van der Waals surface area contributed by atoms with E-state index >= 15 is 0 Å². The molecule has 1 rings (SSSR count). The van der Waals surface area contributed by atoms with Crippen LogP contribution in [0.2, 0.25) is 0 Å². The number of nitrogens with one attached hydrogen (secondary N) is 1. The van der Waals surface area contributed by atoms with Crippen LogP contribution in [0.5, 0.6) is 0 Å². The Morgan fingerprint density at radius 1 is 1.35 bits per heavy atom. The van der Waals surface area contributed by atoms with Crippen LogP contribution in [0.15, 0.2) is 16.8 Å². The van der Waals surface area contributed by atoms with Crippen LogP contribution < -0.4 is 5.32 Å². The van der Waals surface area contributed by atoms with E-state index in [-0.39, 0.29) is 6.10 Å². The summed E-state index contributed by atoms with van der Waals surface area (Å²) in [5.41, 5.74) is 1.03. The highest BCUT2D eigenvalue weighted by molar-refractivity contribution is 7.07. The van der Waals surface area contributed by atoms with Crippen LogP contribution in [0.1, 0.15) is 51.7 Å². The zero-order chi connectivity index (χ0) is 12.7. The lowest BCUT2D eigenvalue weighted by Gasteiger charge is -2.22. The molecule has 0 aromatic carbocycles. The molecule has 0 aliphatic heterocycles. The molecule has 2 N–H and O–H groups in total. The summed E-state index contributed by atoms with van der Waals surface area (Å²) >= 11 is 1.63. The van der Waals surface area contributed by atoms with Crippen molar-refractivity contribution in [2.24, 2.45) is 5.92 Å². The third kappa shape index (κ3) is 5.19. The van der Waals surface area contributed by atoms with Gasteiger partial charge in [-0.1, -0.05) is 27.2 Å². The minimum Gasteiger partial charge on any atom is -0.387 e. The summed E-state index contributed by atoms with van der Waals surface area (Å²) in [4.78, 5) is 0. The highest BCUT2D eigenvalue weighted by atomic mass is 32.1. The Hall–Kier alpha value is -0.380. The predicted octanol–water partition coefficient (Wildman–Crippen LogP) is 3.59. The number of rotatable bonds is 8. The van der Waals surface area contributed by atoms with Crippen molar-refractivity contribution in [2.75, 3.05) is 6.54 Å². The Morgan fingerprint density at radius 3 is 2.65 bits per heavy atom. The van der Waals surface area contributed by atoms with Crippen molar-refractivity contribution >= 4 is 11.3 Å². The summed E-state index contributed by atoms with van der Waals surface area (Å²) < 4.78 is 0. The molecule has 0 aliphatic rings. The Labute approximate surface area is 109 Å². The molecule has 0 aliphatic carbocycles. The maximum absolute atomic E-state index is 9.99. The number of hydrogen-bond acceptors (Lipinski definition) is 3. The first-order chi connectivity index (χ1) is 8.17. The Bertz CT molecular complexity index is 286. The molecule has 17 heavy (non-hydrogen) atoms. The van der Waals surface area contributed by atoms with Crippen molar-refractivity contribution in [3.8, 4) is 0 Å². The summed E-state index contributed by atoms with van der Waals surface area (Å²) in [6.45, 7) is 7.39. The van der Waals surface area contributed by atoms with E-state index in [9.17, 15) is 5.11 Å². The van der Waals surface area contributed by atoms with Crippen LogP contribution in [-0.4, -0.2) is 17.7 Å². The van der Waals surface area contributed by atoms with Crippen LogP contribution >= 0.6 is 11.3 Å². The Balaban J connectivity index is 2.32. The van der Waals surface area contributed by atoms with E-state index in [0.717, 1.165) is 17.9 Å². The second-order valence-corrected chi connectivity index (χ2v) is 5.62. The van der Waals surface area contributed by atoms with E-state index in [1.807, 2.05) is 16.8 Å². The quantitative estimate of drug-likeness (QED) is 0.744. The minimum atomic E-state index is -0.368. The zero-order valence-corrected chi connectivity index (χ0v) is 12.0. The van der Waals surface area contributed by atoms with Crippen molar-refractivity contribution in [1.29, 1.82) is 0 Å². The standard InChI is InChI=1S/C14H25NOS/c1-4-11(3)8-13(5-2)15-9-14(16)12-6-7-17-10-12/h6-7,10-11,13-16H,4-5,8-9H2,1-3H3. The third-order valence-electron chi connectivity index (χ3n) is 3.40. The van der Waals surface area contributed by atoms with E-state index in [4.69, 9.17) is 0 Å². The molecule has 0 spiro atoms. The van der Waals surface area contributed by atoms with Gasteiger partial charge in [-0.25, -0.2) is 0 Å².